The number of piperidine rings is 1. The van der Waals surface area contributed by atoms with E-state index in [0.29, 0.717) is 6.54 Å². The van der Waals surface area contributed by atoms with E-state index in [1.165, 1.54) is 11.6 Å². The molecule has 0 amide bonds. The summed E-state index contributed by atoms with van der Waals surface area (Å²) in [6, 6.07) is 15.2. The molecule has 2 atom stereocenters. The molecule has 124 valence electrons. The second-order valence-corrected chi connectivity index (χ2v) is 6.18. The SMILES string of the molecule is Cc1ccc(F)cc1C1CCN(Cc2ccccc2)CC1O.Cl. The highest BCUT2D eigenvalue weighted by Gasteiger charge is 2.29. The van der Waals surface area contributed by atoms with Crippen LogP contribution in [0.2, 0.25) is 0 Å². The summed E-state index contributed by atoms with van der Waals surface area (Å²) in [6.45, 7) is 4.40. The van der Waals surface area contributed by atoms with Crippen LogP contribution < -0.4 is 0 Å². The smallest absolute Gasteiger partial charge is 0.123 e. The molecule has 0 bridgehead atoms. The number of hydrogen-bond acceptors (Lipinski definition) is 2. The molecular formula is C19H23ClFNO. The lowest BCUT2D eigenvalue weighted by molar-refractivity contribution is 0.0474. The summed E-state index contributed by atoms with van der Waals surface area (Å²) in [5, 5.41) is 10.5. The first kappa shape index (κ1) is 17.9. The highest BCUT2D eigenvalue weighted by molar-refractivity contribution is 5.85. The predicted molar refractivity (Wildman–Crippen MR) is 93.5 cm³/mol. The minimum Gasteiger partial charge on any atom is -0.391 e. The van der Waals surface area contributed by atoms with Crippen molar-refractivity contribution >= 4 is 12.4 Å². The Bertz CT molecular complexity index is 635. The van der Waals surface area contributed by atoms with Crippen molar-refractivity contribution in [3.63, 3.8) is 0 Å². The lowest BCUT2D eigenvalue weighted by atomic mass is 9.84. The first-order valence-corrected chi connectivity index (χ1v) is 7.84. The summed E-state index contributed by atoms with van der Waals surface area (Å²) in [4.78, 5) is 2.27. The minimum absolute atomic E-state index is 0. The largest absolute Gasteiger partial charge is 0.391 e. The van der Waals surface area contributed by atoms with Gasteiger partial charge in [-0.05, 0) is 48.7 Å². The monoisotopic (exact) mass is 335 g/mol. The summed E-state index contributed by atoms with van der Waals surface area (Å²) in [5.74, 6) is -0.192. The normalized spacial score (nSPS) is 21.7. The maximum atomic E-state index is 13.5. The molecule has 0 saturated carbocycles. The number of β-amino-alcohol motifs (C(OH)–C–C–N with tert-alkyl or cyclic N) is 1. The van der Waals surface area contributed by atoms with E-state index < -0.39 is 6.10 Å². The molecule has 0 radical (unpaired) electrons. The van der Waals surface area contributed by atoms with E-state index in [0.717, 1.165) is 30.6 Å². The number of likely N-dealkylation sites (tertiary alicyclic amines) is 1. The Labute approximate surface area is 143 Å². The number of aryl methyl sites for hydroxylation is 1. The van der Waals surface area contributed by atoms with Crippen molar-refractivity contribution in [3.8, 4) is 0 Å². The van der Waals surface area contributed by atoms with Gasteiger partial charge in [-0.1, -0.05) is 36.4 Å². The third kappa shape index (κ3) is 4.31. The first-order chi connectivity index (χ1) is 10.6. The maximum absolute atomic E-state index is 13.5. The molecule has 1 heterocycles. The molecule has 0 aromatic heterocycles. The molecule has 1 aliphatic heterocycles. The second kappa shape index (κ2) is 7.91. The number of halogens is 2. The number of aliphatic hydroxyl groups is 1. The van der Waals surface area contributed by atoms with Crippen LogP contribution in [0, 0.1) is 12.7 Å². The van der Waals surface area contributed by atoms with Gasteiger partial charge in [-0.2, -0.15) is 0 Å². The Hall–Kier alpha value is -1.42. The first-order valence-electron chi connectivity index (χ1n) is 7.84. The fourth-order valence-corrected chi connectivity index (χ4v) is 3.36. The molecule has 3 rings (SSSR count). The molecule has 23 heavy (non-hydrogen) atoms. The van der Waals surface area contributed by atoms with Crippen LogP contribution in [0.1, 0.15) is 29.0 Å². The Morgan fingerprint density at radius 2 is 1.91 bits per heavy atom. The molecule has 1 N–H and O–H groups in total. The van der Waals surface area contributed by atoms with E-state index in [2.05, 4.69) is 17.0 Å². The average molecular weight is 336 g/mol. The van der Waals surface area contributed by atoms with Gasteiger partial charge in [0.05, 0.1) is 6.10 Å². The molecule has 1 fully saturated rings. The van der Waals surface area contributed by atoms with Crippen molar-refractivity contribution < 1.29 is 9.50 Å². The van der Waals surface area contributed by atoms with Crippen LogP contribution in [0.3, 0.4) is 0 Å². The lowest BCUT2D eigenvalue weighted by Crippen LogP contribution is -2.42. The van der Waals surface area contributed by atoms with E-state index in [9.17, 15) is 9.50 Å². The number of rotatable bonds is 3. The molecule has 2 aromatic rings. The highest BCUT2D eigenvalue weighted by Crippen LogP contribution is 2.31. The van der Waals surface area contributed by atoms with E-state index >= 15 is 0 Å². The topological polar surface area (TPSA) is 23.5 Å². The van der Waals surface area contributed by atoms with Crippen molar-refractivity contribution in [2.75, 3.05) is 13.1 Å². The third-order valence-electron chi connectivity index (χ3n) is 4.56. The number of hydrogen-bond donors (Lipinski definition) is 1. The molecule has 1 aliphatic rings. The zero-order valence-electron chi connectivity index (χ0n) is 13.3. The van der Waals surface area contributed by atoms with Crippen LogP contribution in [0.25, 0.3) is 0 Å². The summed E-state index contributed by atoms with van der Waals surface area (Å²) in [7, 11) is 0. The van der Waals surface area contributed by atoms with Gasteiger partial charge in [0, 0.05) is 19.0 Å². The standard InChI is InChI=1S/C19H22FNO.ClH/c1-14-7-8-16(20)11-18(14)17-9-10-21(13-19(17)22)12-15-5-3-2-4-6-15;/h2-8,11,17,19,22H,9-10,12-13H2,1H3;1H. The molecule has 2 unspecified atom stereocenters. The third-order valence-corrected chi connectivity index (χ3v) is 4.56. The Morgan fingerprint density at radius 1 is 1.17 bits per heavy atom. The summed E-state index contributed by atoms with van der Waals surface area (Å²) in [6.07, 6.45) is 0.413. The molecule has 0 aliphatic carbocycles. The van der Waals surface area contributed by atoms with Gasteiger partial charge in [0.15, 0.2) is 0 Å². The van der Waals surface area contributed by atoms with Crippen LogP contribution in [-0.2, 0) is 6.54 Å². The van der Waals surface area contributed by atoms with Gasteiger partial charge in [0.2, 0.25) is 0 Å². The van der Waals surface area contributed by atoms with E-state index in [1.54, 1.807) is 12.1 Å². The van der Waals surface area contributed by atoms with Crippen LogP contribution in [0.5, 0.6) is 0 Å². The minimum atomic E-state index is -0.446. The van der Waals surface area contributed by atoms with E-state index in [-0.39, 0.29) is 24.1 Å². The maximum Gasteiger partial charge on any atom is 0.123 e. The van der Waals surface area contributed by atoms with Crippen molar-refractivity contribution in [1.82, 2.24) is 4.90 Å². The van der Waals surface area contributed by atoms with Crippen molar-refractivity contribution in [3.05, 3.63) is 71.0 Å². The molecule has 1 saturated heterocycles. The molecule has 4 heteroatoms. The second-order valence-electron chi connectivity index (χ2n) is 6.18. The van der Waals surface area contributed by atoms with E-state index in [4.69, 9.17) is 0 Å². The quantitative estimate of drug-likeness (QED) is 0.919. The Morgan fingerprint density at radius 3 is 2.61 bits per heavy atom. The van der Waals surface area contributed by atoms with Crippen LogP contribution in [0.15, 0.2) is 48.5 Å². The Balaban J connectivity index is 0.00000192. The fourth-order valence-electron chi connectivity index (χ4n) is 3.36. The average Bonchev–Trinajstić information content (AvgIpc) is 2.51. The predicted octanol–water partition coefficient (Wildman–Crippen LogP) is 3.91. The lowest BCUT2D eigenvalue weighted by Gasteiger charge is -2.36. The van der Waals surface area contributed by atoms with Gasteiger partial charge in [0.1, 0.15) is 5.82 Å². The summed E-state index contributed by atoms with van der Waals surface area (Å²) in [5.41, 5.74) is 3.27. The molecule has 2 aromatic carbocycles. The van der Waals surface area contributed by atoms with Crippen LogP contribution >= 0.6 is 12.4 Å². The fraction of sp³-hybridized carbons (Fsp3) is 0.368. The van der Waals surface area contributed by atoms with Gasteiger partial charge in [-0.3, -0.25) is 4.90 Å². The van der Waals surface area contributed by atoms with Crippen LogP contribution in [-0.4, -0.2) is 29.2 Å². The summed E-state index contributed by atoms with van der Waals surface area (Å²) >= 11 is 0. The van der Waals surface area contributed by atoms with Crippen LogP contribution in [0.4, 0.5) is 4.39 Å². The number of aliphatic hydroxyl groups excluding tert-OH is 1. The molecule has 2 nitrogen and oxygen atoms in total. The molecule has 0 spiro atoms. The van der Waals surface area contributed by atoms with Crippen molar-refractivity contribution in [2.45, 2.75) is 31.9 Å². The molecular weight excluding hydrogens is 313 g/mol. The van der Waals surface area contributed by atoms with Gasteiger partial charge in [-0.25, -0.2) is 4.39 Å². The van der Waals surface area contributed by atoms with E-state index in [1.807, 2.05) is 25.1 Å². The van der Waals surface area contributed by atoms with Gasteiger partial charge < -0.3 is 5.11 Å². The van der Waals surface area contributed by atoms with Gasteiger partial charge >= 0.3 is 0 Å². The van der Waals surface area contributed by atoms with Crippen molar-refractivity contribution in [1.29, 1.82) is 0 Å². The zero-order valence-corrected chi connectivity index (χ0v) is 14.1. The number of benzene rings is 2. The number of nitrogens with zero attached hydrogens (tertiary/aromatic N) is 1. The van der Waals surface area contributed by atoms with Crippen molar-refractivity contribution in [2.24, 2.45) is 0 Å². The highest BCUT2D eigenvalue weighted by atomic mass is 35.5. The summed E-state index contributed by atoms with van der Waals surface area (Å²) < 4.78 is 13.5. The van der Waals surface area contributed by atoms with Gasteiger partial charge in [0.25, 0.3) is 0 Å². The van der Waals surface area contributed by atoms with Gasteiger partial charge in [-0.15, -0.1) is 12.4 Å². The zero-order chi connectivity index (χ0) is 15.5. The Kier molecular flexibility index (Phi) is 6.17.